The minimum atomic E-state index is -0.297. The van der Waals surface area contributed by atoms with Gasteiger partial charge in [-0.05, 0) is 132 Å². The highest BCUT2D eigenvalue weighted by Gasteiger charge is 2.66. The molecule has 8 atom stereocenters. The number of rotatable bonds is 4. The average molecular weight is 587 g/mol. The van der Waals surface area contributed by atoms with Crippen molar-refractivity contribution in [1.29, 1.82) is 0 Å². The minimum Gasteiger partial charge on any atom is -0.508 e. The van der Waals surface area contributed by atoms with Crippen molar-refractivity contribution < 1.29 is 19.7 Å². The van der Waals surface area contributed by atoms with E-state index >= 15 is 0 Å². The number of esters is 1. The number of carbonyl (C=O) groups is 1. The Morgan fingerprint density at radius 1 is 0.907 bits per heavy atom. The molecule has 4 nitrogen and oxygen atoms in total. The largest absolute Gasteiger partial charge is 0.508 e. The fourth-order valence-electron chi connectivity index (χ4n) is 10.9. The van der Waals surface area contributed by atoms with E-state index in [0.29, 0.717) is 23.9 Å². The zero-order chi connectivity index (χ0) is 31.1. The second-order valence-corrected chi connectivity index (χ2v) is 17.0. The van der Waals surface area contributed by atoms with Crippen LogP contribution in [0.2, 0.25) is 0 Å². The molecule has 43 heavy (non-hydrogen) atoms. The number of allylic oxidation sites excluding steroid dienone is 4. The second-order valence-electron chi connectivity index (χ2n) is 17.0. The number of aliphatic hydroxyl groups is 1. The van der Waals surface area contributed by atoms with E-state index in [1.807, 2.05) is 0 Å². The molecule has 234 valence electrons. The normalized spacial score (nSPS) is 43.4. The summed E-state index contributed by atoms with van der Waals surface area (Å²) in [5.74, 6) is 0.922. The smallest absolute Gasteiger partial charge is 0.331 e. The molecule has 5 aliphatic carbocycles. The first-order chi connectivity index (χ1) is 20.1. The Hall–Kier alpha value is -2.33. The summed E-state index contributed by atoms with van der Waals surface area (Å²) in [6.45, 7) is 17.5. The van der Waals surface area contributed by atoms with Gasteiger partial charge in [0.05, 0.1) is 0 Å². The van der Waals surface area contributed by atoms with Gasteiger partial charge in [0.25, 0.3) is 0 Å². The quantitative estimate of drug-likeness (QED) is 0.273. The molecule has 2 N–H and O–H groups in total. The molecular formula is C39H54O4. The van der Waals surface area contributed by atoms with Crippen LogP contribution in [0.4, 0.5) is 0 Å². The number of hydrogen-bond acceptors (Lipinski definition) is 4. The average Bonchev–Trinajstić information content (AvgIpc) is 2.96. The summed E-state index contributed by atoms with van der Waals surface area (Å²) >= 11 is 0. The molecule has 4 heteroatoms. The number of ether oxygens (including phenoxy) is 1. The molecule has 0 aliphatic heterocycles. The predicted octanol–water partition coefficient (Wildman–Crippen LogP) is 9.03. The summed E-state index contributed by atoms with van der Waals surface area (Å²) in [4.78, 5) is 13.0. The van der Waals surface area contributed by atoms with E-state index in [0.717, 1.165) is 44.1 Å². The number of carbonyl (C=O) groups excluding carboxylic acids is 1. The van der Waals surface area contributed by atoms with E-state index in [1.165, 1.54) is 25.3 Å². The van der Waals surface area contributed by atoms with Gasteiger partial charge in [0.1, 0.15) is 11.9 Å². The molecule has 0 radical (unpaired) electrons. The lowest BCUT2D eigenvalue weighted by molar-refractivity contribution is -0.164. The fraction of sp³-hybridized carbons (Fsp3) is 0.667. The highest BCUT2D eigenvalue weighted by atomic mass is 16.5. The van der Waals surface area contributed by atoms with Gasteiger partial charge in [0, 0.05) is 18.1 Å². The van der Waals surface area contributed by atoms with Crippen LogP contribution in [0.5, 0.6) is 5.75 Å². The molecule has 5 aliphatic rings. The first kappa shape index (κ1) is 30.7. The Bertz CT molecular complexity index is 1370. The highest BCUT2D eigenvalue weighted by molar-refractivity contribution is 5.87. The zero-order valence-electron chi connectivity index (χ0n) is 27.6. The molecule has 0 unspecified atom stereocenters. The second kappa shape index (κ2) is 10.1. The number of aliphatic hydroxyl groups excluding tert-OH is 1. The highest BCUT2D eigenvalue weighted by Crippen LogP contribution is 2.74. The van der Waals surface area contributed by atoms with Gasteiger partial charge in [0.2, 0.25) is 0 Å². The van der Waals surface area contributed by atoms with Crippen molar-refractivity contribution in [2.75, 3.05) is 6.61 Å². The summed E-state index contributed by atoms with van der Waals surface area (Å²) in [6.07, 6.45) is 18.4. The Morgan fingerprint density at radius 2 is 1.60 bits per heavy atom. The lowest BCUT2D eigenvalue weighted by Crippen LogP contribution is -2.61. The van der Waals surface area contributed by atoms with Crippen molar-refractivity contribution in [3.8, 4) is 5.75 Å². The third-order valence-corrected chi connectivity index (χ3v) is 14.2. The molecular weight excluding hydrogens is 532 g/mol. The van der Waals surface area contributed by atoms with Crippen LogP contribution in [0.3, 0.4) is 0 Å². The van der Waals surface area contributed by atoms with Crippen LogP contribution >= 0.6 is 0 Å². The Morgan fingerprint density at radius 3 is 2.30 bits per heavy atom. The van der Waals surface area contributed by atoms with Crippen molar-refractivity contribution >= 4 is 12.0 Å². The van der Waals surface area contributed by atoms with Crippen molar-refractivity contribution in [1.82, 2.24) is 0 Å². The number of fused-ring (bicyclic) bond motifs is 7. The van der Waals surface area contributed by atoms with Gasteiger partial charge >= 0.3 is 5.97 Å². The third-order valence-electron chi connectivity index (χ3n) is 14.2. The SMILES string of the molecule is CC1(C)[C@@H](OC(=O)/C=C/c2ccc(O)cc2)CC[C@]2(C)C3=CC[C@@]4(C)[C@@H]5C[C@](C)(CO)CC[C@]5(C)CC[C@]4(C)C3=CC[C@@H]12. The number of hydrogen-bond donors (Lipinski definition) is 2. The van der Waals surface area contributed by atoms with Crippen LogP contribution in [0.25, 0.3) is 6.08 Å². The molecule has 0 saturated heterocycles. The molecule has 1 aromatic rings. The van der Waals surface area contributed by atoms with E-state index in [9.17, 15) is 15.0 Å². The maximum Gasteiger partial charge on any atom is 0.331 e. The fourth-order valence-corrected chi connectivity index (χ4v) is 10.9. The zero-order valence-corrected chi connectivity index (χ0v) is 27.6. The van der Waals surface area contributed by atoms with E-state index in [4.69, 9.17) is 4.74 Å². The molecule has 1 aromatic carbocycles. The molecule has 3 saturated carbocycles. The van der Waals surface area contributed by atoms with E-state index in [-0.39, 0.29) is 44.9 Å². The Kier molecular flexibility index (Phi) is 7.20. The van der Waals surface area contributed by atoms with E-state index < -0.39 is 0 Å². The van der Waals surface area contributed by atoms with Gasteiger partial charge in [0.15, 0.2) is 0 Å². The van der Waals surface area contributed by atoms with Gasteiger partial charge < -0.3 is 14.9 Å². The number of phenolic OH excluding ortho intramolecular Hbond substituents is 1. The van der Waals surface area contributed by atoms with Crippen LogP contribution in [0.15, 0.2) is 53.6 Å². The molecule has 0 bridgehead atoms. The van der Waals surface area contributed by atoms with Gasteiger partial charge in [-0.15, -0.1) is 0 Å². The van der Waals surface area contributed by atoms with Crippen LogP contribution < -0.4 is 0 Å². The van der Waals surface area contributed by atoms with E-state index in [1.54, 1.807) is 41.5 Å². The van der Waals surface area contributed by atoms with Crippen LogP contribution in [-0.2, 0) is 9.53 Å². The van der Waals surface area contributed by atoms with E-state index in [2.05, 4.69) is 60.6 Å². The Balaban J connectivity index is 1.26. The van der Waals surface area contributed by atoms with Crippen LogP contribution in [0, 0.1) is 44.3 Å². The summed E-state index contributed by atoms with van der Waals surface area (Å²) in [7, 11) is 0. The van der Waals surface area contributed by atoms with Gasteiger partial charge in [-0.3, -0.25) is 0 Å². The number of phenols is 1. The first-order valence-corrected chi connectivity index (χ1v) is 16.8. The summed E-state index contributed by atoms with van der Waals surface area (Å²) < 4.78 is 6.17. The lowest BCUT2D eigenvalue weighted by atomic mass is 9.36. The van der Waals surface area contributed by atoms with Crippen molar-refractivity contribution in [3.05, 3.63) is 59.2 Å². The third kappa shape index (κ3) is 4.60. The number of benzene rings is 1. The monoisotopic (exact) mass is 586 g/mol. The standard InChI is InChI=1S/C39H54O4/c1-34(2)30-14-13-29-28(37(30,5)18-17-32(34)43-33(42)15-10-26-8-11-27(41)12-9-26)16-19-39(7)31-24-35(3,25-40)20-21-36(31,4)22-23-38(29,39)6/h8-13,15-16,30-32,40-41H,14,17-25H2,1-7H3/b15-10+/t30-,31+,32-,35+,36+,37+,38+,39-/m0/s1. The maximum atomic E-state index is 13.0. The topological polar surface area (TPSA) is 66.8 Å². The molecule has 3 fully saturated rings. The van der Waals surface area contributed by atoms with Crippen LogP contribution in [0.1, 0.15) is 112 Å². The van der Waals surface area contributed by atoms with Crippen molar-refractivity contribution in [2.45, 2.75) is 112 Å². The maximum absolute atomic E-state index is 13.0. The Labute approximate surface area is 259 Å². The summed E-state index contributed by atoms with van der Waals surface area (Å²) in [6, 6.07) is 6.82. The lowest BCUT2D eigenvalue weighted by Gasteiger charge is -2.69. The van der Waals surface area contributed by atoms with Gasteiger partial charge in [-0.2, -0.15) is 0 Å². The van der Waals surface area contributed by atoms with Gasteiger partial charge in [-0.1, -0.05) is 72.8 Å². The molecule has 0 aromatic heterocycles. The molecule has 6 rings (SSSR count). The van der Waals surface area contributed by atoms with Crippen LogP contribution in [-0.4, -0.2) is 28.9 Å². The molecule has 0 spiro atoms. The molecule has 0 amide bonds. The summed E-state index contributed by atoms with van der Waals surface area (Å²) in [5, 5.41) is 19.9. The minimum absolute atomic E-state index is 0.0343. The number of aromatic hydroxyl groups is 1. The summed E-state index contributed by atoms with van der Waals surface area (Å²) in [5.41, 5.74) is 4.67. The van der Waals surface area contributed by atoms with Crippen molar-refractivity contribution in [2.24, 2.45) is 44.3 Å². The van der Waals surface area contributed by atoms with Gasteiger partial charge in [-0.25, -0.2) is 4.79 Å². The van der Waals surface area contributed by atoms with Crippen molar-refractivity contribution in [3.63, 3.8) is 0 Å². The first-order valence-electron chi connectivity index (χ1n) is 16.8. The predicted molar refractivity (Wildman–Crippen MR) is 173 cm³/mol. The molecule has 0 heterocycles.